The molecule has 1 aromatic carbocycles. The number of aryl methyl sites for hydroxylation is 1. The Labute approximate surface area is 161 Å². The molecule has 27 heavy (non-hydrogen) atoms. The molecule has 9 nitrogen and oxygen atoms in total. The zero-order chi connectivity index (χ0) is 18.9. The van der Waals surface area contributed by atoms with Crippen molar-refractivity contribution >= 4 is 32.8 Å². The van der Waals surface area contributed by atoms with E-state index < -0.39 is 10.0 Å². The van der Waals surface area contributed by atoms with Gasteiger partial charge in [-0.25, -0.2) is 8.42 Å². The van der Waals surface area contributed by atoms with Crippen molar-refractivity contribution in [3.63, 3.8) is 0 Å². The summed E-state index contributed by atoms with van der Waals surface area (Å²) in [7, 11) is -3.60. The lowest BCUT2D eigenvalue weighted by molar-refractivity contribution is 0.176. The molecule has 0 spiro atoms. The van der Waals surface area contributed by atoms with Crippen LogP contribution in [0.3, 0.4) is 0 Å². The monoisotopic (exact) mass is 408 g/mol. The Kier molecular flexibility index (Phi) is 5.17. The van der Waals surface area contributed by atoms with E-state index in [2.05, 4.69) is 30.7 Å². The maximum absolute atomic E-state index is 13.0. The molecular formula is C16H20N6O3S2. The summed E-state index contributed by atoms with van der Waals surface area (Å²) in [5, 5.41) is 4.00. The average molecular weight is 409 g/mol. The largest absolute Gasteiger partial charge is 0.339 e. The fraction of sp³-hybridized carbons (Fsp3) is 0.500. The van der Waals surface area contributed by atoms with E-state index in [1.165, 1.54) is 4.31 Å². The number of sulfonamides is 1. The Bertz CT molecular complexity index is 1020. The zero-order valence-corrected chi connectivity index (χ0v) is 16.5. The van der Waals surface area contributed by atoms with Gasteiger partial charge in [0.25, 0.3) is 0 Å². The van der Waals surface area contributed by atoms with Crippen molar-refractivity contribution in [1.82, 2.24) is 28.1 Å². The number of aromatic nitrogens is 4. The number of rotatable bonds is 6. The Morgan fingerprint density at radius 1 is 1.19 bits per heavy atom. The lowest BCUT2D eigenvalue weighted by atomic mass is 10.3. The van der Waals surface area contributed by atoms with Crippen LogP contribution < -0.4 is 0 Å². The highest BCUT2D eigenvalue weighted by molar-refractivity contribution is 7.89. The number of hydrogen-bond donors (Lipinski definition) is 0. The van der Waals surface area contributed by atoms with Crippen LogP contribution in [-0.2, 0) is 23.0 Å². The summed E-state index contributed by atoms with van der Waals surface area (Å²) in [6, 6.07) is 5.07. The van der Waals surface area contributed by atoms with Gasteiger partial charge in [0.2, 0.25) is 15.9 Å². The van der Waals surface area contributed by atoms with E-state index in [1.54, 1.807) is 18.2 Å². The summed E-state index contributed by atoms with van der Waals surface area (Å²) in [4.78, 5) is 6.74. The molecule has 11 heteroatoms. The summed E-state index contributed by atoms with van der Waals surface area (Å²) in [5.74, 6) is 1.30. The molecule has 0 N–H and O–H groups in total. The lowest BCUT2D eigenvalue weighted by Gasteiger charge is -2.33. The van der Waals surface area contributed by atoms with E-state index in [1.807, 2.05) is 0 Å². The van der Waals surface area contributed by atoms with Gasteiger partial charge in [-0.3, -0.25) is 4.90 Å². The van der Waals surface area contributed by atoms with Gasteiger partial charge in [0.1, 0.15) is 15.9 Å². The van der Waals surface area contributed by atoms with Gasteiger partial charge in [-0.15, -0.1) is 0 Å². The lowest BCUT2D eigenvalue weighted by Crippen LogP contribution is -2.48. The summed E-state index contributed by atoms with van der Waals surface area (Å²) in [5.41, 5.74) is 1.06. The SMILES string of the molecule is CCCc1nc(CN2CCN(S(=O)(=O)c3cccc4nsnc34)CC2)no1. The van der Waals surface area contributed by atoms with E-state index in [0.29, 0.717) is 55.5 Å². The zero-order valence-electron chi connectivity index (χ0n) is 14.9. The van der Waals surface area contributed by atoms with Crippen LogP contribution in [0.1, 0.15) is 25.1 Å². The van der Waals surface area contributed by atoms with Gasteiger partial charge in [0.05, 0.1) is 18.3 Å². The van der Waals surface area contributed by atoms with E-state index in [0.717, 1.165) is 24.6 Å². The van der Waals surface area contributed by atoms with Crippen molar-refractivity contribution in [3.05, 3.63) is 29.9 Å². The van der Waals surface area contributed by atoms with Crippen LogP contribution in [0.15, 0.2) is 27.6 Å². The minimum absolute atomic E-state index is 0.226. The molecule has 4 rings (SSSR count). The van der Waals surface area contributed by atoms with E-state index in [-0.39, 0.29) is 4.90 Å². The normalized spacial score (nSPS) is 16.9. The molecular weight excluding hydrogens is 388 g/mol. The highest BCUT2D eigenvalue weighted by Crippen LogP contribution is 2.25. The third-order valence-corrected chi connectivity index (χ3v) is 7.01. The van der Waals surface area contributed by atoms with Gasteiger partial charge in [-0.2, -0.15) is 18.0 Å². The molecule has 1 aliphatic heterocycles. The molecule has 144 valence electrons. The van der Waals surface area contributed by atoms with E-state index >= 15 is 0 Å². The highest BCUT2D eigenvalue weighted by Gasteiger charge is 2.31. The first kappa shape index (κ1) is 18.4. The standard InChI is InChI=1S/C16H20N6O3S2/c1-2-4-15-17-14(18-25-15)11-21-7-9-22(10-8-21)27(23,24)13-6-3-5-12-16(13)20-26-19-12/h3,5-6H,2,4,7-11H2,1H3. The Morgan fingerprint density at radius 3 is 2.78 bits per heavy atom. The summed E-state index contributed by atoms with van der Waals surface area (Å²) in [6.07, 6.45) is 1.73. The van der Waals surface area contributed by atoms with Crippen molar-refractivity contribution in [3.8, 4) is 0 Å². The summed E-state index contributed by atoms with van der Waals surface area (Å²) < 4.78 is 41.1. The molecule has 0 unspecified atom stereocenters. The van der Waals surface area contributed by atoms with E-state index in [9.17, 15) is 8.42 Å². The predicted octanol–water partition coefficient (Wildman–Crippen LogP) is 1.53. The molecule has 0 bridgehead atoms. The minimum Gasteiger partial charge on any atom is -0.339 e. The van der Waals surface area contributed by atoms with Gasteiger partial charge in [-0.05, 0) is 18.6 Å². The molecule has 3 aromatic rings. The maximum Gasteiger partial charge on any atom is 0.245 e. The van der Waals surface area contributed by atoms with Crippen molar-refractivity contribution in [2.24, 2.45) is 0 Å². The van der Waals surface area contributed by atoms with E-state index in [4.69, 9.17) is 4.52 Å². The van der Waals surface area contributed by atoms with Crippen molar-refractivity contribution in [1.29, 1.82) is 0 Å². The Hall–Kier alpha value is -1.95. The molecule has 2 aromatic heterocycles. The number of hydrogen-bond acceptors (Lipinski definition) is 9. The van der Waals surface area contributed by atoms with Crippen LogP contribution in [0, 0.1) is 0 Å². The fourth-order valence-electron chi connectivity index (χ4n) is 3.13. The first-order valence-electron chi connectivity index (χ1n) is 8.83. The molecule has 0 saturated carbocycles. The first-order valence-corrected chi connectivity index (χ1v) is 11.0. The van der Waals surface area contributed by atoms with Crippen LogP contribution in [-0.4, -0.2) is 62.7 Å². The summed E-state index contributed by atoms with van der Waals surface area (Å²) >= 11 is 1.02. The number of nitrogens with zero attached hydrogens (tertiary/aromatic N) is 6. The quantitative estimate of drug-likeness (QED) is 0.605. The second-order valence-electron chi connectivity index (χ2n) is 6.42. The van der Waals surface area contributed by atoms with Crippen LogP contribution in [0.2, 0.25) is 0 Å². The van der Waals surface area contributed by atoms with Crippen LogP contribution in [0.5, 0.6) is 0 Å². The molecule has 1 fully saturated rings. The van der Waals surface area contributed by atoms with Gasteiger partial charge in [0.15, 0.2) is 5.82 Å². The minimum atomic E-state index is -3.60. The van der Waals surface area contributed by atoms with Crippen LogP contribution >= 0.6 is 11.7 Å². The van der Waals surface area contributed by atoms with Crippen molar-refractivity contribution in [2.45, 2.75) is 31.2 Å². The Morgan fingerprint density at radius 2 is 2.00 bits per heavy atom. The number of piperazine rings is 1. The molecule has 0 radical (unpaired) electrons. The molecule has 0 atom stereocenters. The molecule has 0 amide bonds. The topological polar surface area (TPSA) is 105 Å². The van der Waals surface area contributed by atoms with Gasteiger partial charge < -0.3 is 4.52 Å². The third kappa shape index (κ3) is 3.72. The third-order valence-electron chi connectivity index (χ3n) is 4.54. The molecule has 0 aliphatic carbocycles. The molecule has 1 saturated heterocycles. The second-order valence-corrected chi connectivity index (χ2v) is 8.86. The predicted molar refractivity (Wildman–Crippen MR) is 99.7 cm³/mol. The molecule has 3 heterocycles. The smallest absolute Gasteiger partial charge is 0.245 e. The van der Waals surface area contributed by atoms with Gasteiger partial charge in [-0.1, -0.05) is 18.1 Å². The highest BCUT2D eigenvalue weighted by atomic mass is 32.2. The summed E-state index contributed by atoms with van der Waals surface area (Å²) in [6.45, 7) is 4.68. The number of benzene rings is 1. The van der Waals surface area contributed by atoms with Gasteiger partial charge in [0, 0.05) is 32.6 Å². The average Bonchev–Trinajstić information content (AvgIpc) is 3.31. The van der Waals surface area contributed by atoms with Crippen molar-refractivity contribution < 1.29 is 12.9 Å². The second kappa shape index (κ2) is 7.58. The van der Waals surface area contributed by atoms with Gasteiger partial charge >= 0.3 is 0 Å². The fourth-order valence-corrected chi connectivity index (χ4v) is 5.30. The van der Waals surface area contributed by atoms with Crippen LogP contribution in [0.4, 0.5) is 0 Å². The van der Waals surface area contributed by atoms with Crippen LogP contribution in [0.25, 0.3) is 11.0 Å². The number of fused-ring (bicyclic) bond motifs is 1. The maximum atomic E-state index is 13.0. The van der Waals surface area contributed by atoms with Crippen molar-refractivity contribution in [2.75, 3.05) is 26.2 Å². The molecule has 1 aliphatic rings. The first-order chi connectivity index (χ1) is 13.1. The Balaban J connectivity index is 1.43.